The van der Waals surface area contributed by atoms with Crippen molar-refractivity contribution in [3.05, 3.63) is 0 Å². The van der Waals surface area contributed by atoms with Gasteiger partial charge in [-0.15, -0.1) is 0 Å². The average Bonchev–Trinajstić information content (AvgIpc) is 2.19. The maximum atomic E-state index is 11.9. The standard InChI is InChI=1S/C12H23NO2/c1-9(2)8-15-11(14)12(13)7-5-4-6-10(12)3/h9-10H,4-8,13H2,1-3H3. The van der Waals surface area contributed by atoms with Gasteiger partial charge in [0, 0.05) is 0 Å². The number of esters is 1. The van der Waals surface area contributed by atoms with E-state index in [9.17, 15) is 4.79 Å². The monoisotopic (exact) mass is 213 g/mol. The van der Waals surface area contributed by atoms with E-state index in [2.05, 4.69) is 6.92 Å². The van der Waals surface area contributed by atoms with Gasteiger partial charge >= 0.3 is 5.97 Å². The highest BCUT2D eigenvalue weighted by Gasteiger charge is 2.42. The van der Waals surface area contributed by atoms with Crippen LogP contribution in [0.15, 0.2) is 0 Å². The van der Waals surface area contributed by atoms with Crippen LogP contribution in [0.1, 0.15) is 46.5 Å². The summed E-state index contributed by atoms with van der Waals surface area (Å²) in [4.78, 5) is 11.9. The van der Waals surface area contributed by atoms with Crippen LogP contribution in [0.3, 0.4) is 0 Å². The Bertz CT molecular complexity index is 228. The second kappa shape index (κ2) is 4.97. The molecule has 0 bridgehead atoms. The van der Waals surface area contributed by atoms with Crippen molar-refractivity contribution < 1.29 is 9.53 Å². The minimum absolute atomic E-state index is 0.205. The number of hydrogen-bond acceptors (Lipinski definition) is 3. The molecule has 0 saturated heterocycles. The second-order valence-corrected chi connectivity index (χ2v) is 5.18. The molecule has 0 heterocycles. The molecule has 0 radical (unpaired) electrons. The lowest BCUT2D eigenvalue weighted by Crippen LogP contribution is -2.55. The first-order valence-electron chi connectivity index (χ1n) is 5.93. The van der Waals surface area contributed by atoms with Gasteiger partial charge in [0.1, 0.15) is 5.54 Å². The van der Waals surface area contributed by atoms with Gasteiger partial charge in [-0.05, 0) is 24.7 Å². The summed E-state index contributed by atoms with van der Waals surface area (Å²) in [5, 5.41) is 0. The number of hydrogen-bond donors (Lipinski definition) is 1. The maximum Gasteiger partial charge on any atom is 0.326 e. The van der Waals surface area contributed by atoms with Crippen molar-refractivity contribution in [2.75, 3.05) is 6.61 Å². The molecule has 0 aromatic rings. The average molecular weight is 213 g/mol. The summed E-state index contributed by atoms with van der Waals surface area (Å²) in [6.07, 6.45) is 4.02. The topological polar surface area (TPSA) is 52.3 Å². The van der Waals surface area contributed by atoms with E-state index in [1.165, 1.54) is 6.42 Å². The highest BCUT2D eigenvalue weighted by atomic mass is 16.5. The molecule has 0 aliphatic heterocycles. The molecule has 0 amide bonds. The fourth-order valence-electron chi connectivity index (χ4n) is 2.05. The Morgan fingerprint density at radius 1 is 1.53 bits per heavy atom. The Morgan fingerprint density at radius 3 is 2.73 bits per heavy atom. The van der Waals surface area contributed by atoms with Crippen LogP contribution in [-0.2, 0) is 9.53 Å². The summed E-state index contributed by atoms with van der Waals surface area (Å²) < 4.78 is 5.25. The summed E-state index contributed by atoms with van der Waals surface area (Å²) in [6.45, 7) is 6.59. The third-order valence-electron chi connectivity index (χ3n) is 3.28. The highest BCUT2D eigenvalue weighted by molar-refractivity contribution is 5.81. The number of rotatable bonds is 3. The van der Waals surface area contributed by atoms with Gasteiger partial charge in [0.2, 0.25) is 0 Å². The summed E-state index contributed by atoms with van der Waals surface area (Å²) in [5.74, 6) is 0.408. The zero-order valence-corrected chi connectivity index (χ0v) is 10.1. The molecule has 0 aromatic carbocycles. The van der Waals surface area contributed by atoms with Crippen molar-refractivity contribution in [1.29, 1.82) is 0 Å². The Hall–Kier alpha value is -0.570. The summed E-state index contributed by atoms with van der Waals surface area (Å²) in [6, 6.07) is 0. The van der Waals surface area contributed by atoms with E-state index < -0.39 is 5.54 Å². The molecular weight excluding hydrogens is 190 g/mol. The molecule has 2 atom stereocenters. The Balaban J connectivity index is 2.55. The van der Waals surface area contributed by atoms with Crippen molar-refractivity contribution in [3.8, 4) is 0 Å². The predicted molar refractivity (Wildman–Crippen MR) is 60.3 cm³/mol. The van der Waals surface area contributed by atoms with Gasteiger partial charge in [0.05, 0.1) is 6.61 Å². The second-order valence-electron chi connectivity index (χ2n) is 5.18. The van der Waals surface area contributed by atoms with E-state index in [1.807, 2.05) is 13.8 Å². The Morgan fingerprint density at radius 2 is 2.20 bits per heavy atom. The predicted octanol–water partition coefficient (Wildman–Crippen LogP) is 2.09. The Labute approximate surface area is 92.4 Å². The molecule has 3 heteroatoms. The first kappa shape index (κ1) is 12.5. The van der Waals surface area contributed by atoms with E-state index in [-0.39, 0.29) is 11.9 Å². The maximum absolute atomic E-state index is 11.9. The first-order valence-corrected chi connectivity index (χ1v) is 5.93. The lowest BCUT2D eigenvalue weighted by molar-refractivity contribution is -0.154. The van der Waals surface area contributed by atoms with Crippen molar-refractivity contribution in [1.82, 2.24) is 0 Å². The molecule has 3 nitrogen and oxygen atoms in total. The zero-order valence-electron chi connectivity index (χ0n) is 10.1. The summed E-state index contributed by atoms with van der Waals surface area (Å²) in [7, 11) is 0. The largest absolute Gasteiger partial charge is 0.464 e. The third kappa shape index (κ3) is 2.94. The molecule has 0 aromatic heterocycles. The van der Waals surface area contributed by atoms with Crippen LogP contribution in [-0.4, -0.2) is 18.1 Å². The minimum Gasteiger partial charge on any atom is -0.464 e. The Kier molecular flexibility index (Phi) is 4.14. The first-order chi connectivity index (χ1) is 6.97. The van der Waals surface area contributed by atoms with Gasteiger partial charge in [-0.2, -0.15) is 0 Å². The van der Waals surface area contributed by atoms with Crippen molar-refractivity contribution in [2.24, 2.45) is 17.6 Å². The summed E-state index contributed by atoms with van der Waals surface area (Å²) >= 11 is 0. The molecule has 1 saturated carbocycles. The smallest absolute Gasteiger partial charge is 0.326 e. The molecular formula is C12H23NO2. The SMILES string of the molecule is CC(C)COC(=O)C1(N)CCCCC1C. The molecule has 1 aliphatic rings. The van der Waals surface area contributed by atoms with E-state index >= 15 is 0 Å². The van der Waals surface area contributed by atoms with Crippen LogP contribution in [0.25, 0.3) is 0 Å². The van der Waals surface area contributed by atoms with E-state index in [1.54, 1.807) is 0 Å². The molecule has 1 fully saturated rings. The number of carbonyl (C=O) groups is 1. The fourth-order valence-corrected chi connectivity index (χ4v) is 2.05. The van der Waals surface area contributed by atoms with E-state index in [4.69, 9.17) is 10.5 Å². The highest BCUT2D eigenvalue weighted by Crippen LogP contribution is 2.32. The van der Waals surface area contributed by atoms with E-state index in [0.717, 1.165) is 19.3 Å². The van der Waals surface area contributed by atoms with Crippen LogP contribution in [0.2, 0.25) is 0 Å². The minimum atomic E-state index is -0.729. The summed E-state index contributed by atoms with van der Waals surface area (Å²) in [5.41, 5.74) is 5.43. The van der Waals surface area contributed by atoms with Gasteiger partial charge in [-0.1, -0.05) is 33.6 Å². The van der Waals surface area contributed by atoms with Gasteiger partial charge < -0.3 is 10.5 Å². The van der Waals surface area contributed by atoms with Crippen LogP contribution >= 0.6 is 0 Å². The molecule has 88 valence electrons. The van der Waals surface area contributed by atoms with Crippen LogP contribution in [0.4, 0.5) is 0 Å². The van der Waals surface area contributed by atoms with Crippen molar-refractivity contribution >= 4 is 5.97 Å². The van der Waals surface area contributed by atoms with Gasteiger partial charge in [0.25, 0.3) is 0 Å². The normalized spacial score (nSPS) is 31.7. The number of carbonyl (C=O) groups excluding carboxylic acids is 1. The van der Waals surface area contributed by atoms with E-state index in [0.29, 0.717) is 12.5 Å². The van der Waals surface area contributed by atoms with Gasteiger partial charge in [-0.25, -0.2) is 0 Å². The molecule has 15 heavy (non-hydrogen) atoms. The molecule has 0 spiro atoms. The lowest BCUT2D eigenvalue weighted by atomic mass is 9.74. The molecule has 2 N–H and O–H groups in total. The fraction of sp³-hybridized carbons (Fsp3) is 0.917. The van der Waals surface area contributed by atoms with Crippen molar-refractivity contribution in [2.45, 2.75) is 52.0 Å². The van der Waals surface area contributed by atoms with Crippen LogP contribution < -0.4 is 5.73 Å². The lowest BCUT2D eigenvalue weighted by Gasteiger charge is -2.37. The zero-order chi connectivity index (χ0) is 11.5. The number of nitrogens with two attached hydrogens (primary N) is 1. The molecule has 1 aliphatic carbocycles. The van der Waals surface area contributed by atoms with Gasteiger partial charge in [-0.3, -0.25) is 4.79 Å². The van der Waals surface area contributed by atoms with Crippen LogP contribution in [0.5, 0.6) is 0 Å². The van der Waals surface area contributed by atoms with Gasteiger partial charge in [0.15, 0.2) is 0 Å². The molecule has 1 rings (SSSR count). The molecule has 2 unspecified atom stereocenters. The van der Waals surface area contributed by atoms with Crippen LogP contribution in [0, 0.1) is 11.8 Å². The quantitative estimate of drug-likeness (QED) is 0.730. The van der Waals surface area contributed by atoms with Crippen molar-refractivity contribution in [3.63, 3.8) is 0 Å². The number of ether oxygens (including phenoxy) is 1. The third-order valence-corrected chi connectivity index (χ3v) is 3.28.